The van der Waals surface area contributed by atoms with Crippen LogP contribution in [0.2, 0.25) is 0 Å². The molecule has 92 valence electrons. The molecule has 15 heavy (non-hydrogen) atoms. The Labute approximate surface area is 93.3 Å². The fourth-order valence-corrected chi connectivity index (χ4v) is 2.04. The van der Waals surface area contributed by atoms with Gasteiger partial charge in [-0.3, -0.25) is 0 Å². The number of rotatable bonds is 7. The molecule has 0 spiro atoms. The highest BCUT2D eigenvalue weighted by Crippen LogP contribution is 2.01. The molecule has 0 fully saturated rings. The molecule has 0 amide bonds. The second kappa shape index (κ2) is 6.45. The summed E-state index contributed by atoms with van der Waals surface area (Å²) in [4.78, 5) is 0. The molecule has 0 aliphatic heterocycles. The summed E-state index contributed by atoms with van der Waals surface area (Å²) in [5, 5.41) is 3.31. The average Bonchev–Trinajstić information content (AvgIpc) is 2.12. The van der Waals surface area contributed by atoms with Gasteiger partial charge in [0.1, 0.15) is 9.84 Å². The summed E-state index contributed by atoms with van der Waals surface area (Å²) in [6.07, 6.45) is 2.03. The minimum atomic E-state index is -2.85. The van der Waals surface area contributed by atoms with E-state index in [1.54, 1.807) is 7.11 Å². The first-order chi connectivity index (χ1) is 6.76. The quantitative estimate of drug-likeness (QED) is 0.712. The van der Waals surface area contributed by atoms with E-state index in [2.05, 4.69) is 5.32 Å². The van der Waals surface area contributed by atoms with Crippen LogP contribution >= 0.6 is 0 Å². The maximum Gasteiger partial charge on any atom is 0.147 e. The van der Waals surface area contributed by atoms with Crippen molar-refractivity contribution in [3.63, 3.8) is 0 Å². The van der Waals surface area contributed by atoms with Crippen LogP contribution in [0.3, 0.4) is 0 Å². The van der Waals surface area contributed by atoms with Gasteiger partial charge in [0, 0.05) is 25.4 Å². The van der Waals surface area contributed by atoms with Gasteiger partial charge in [0.2, 0.25) is 0 Å². The molecular formula is C10H23NO3S. The molecule has 0 saturated carbocycles. The third kappa shape index (κ3) is 7.76. The summed E-state index contributed by atoms with van der Waals surface area (Å²) in [6.45, 7) is 6.01. The second-order valence-corrected chi connectivity index (χ2v) is 6.48. The predicted molar refractivity (Wildman–Crippen MR) is 62.9 cm³/mol. The highest BCUT2D eigenvalue weighted by molar-refractivity contribution is 7.90. The zero-order valence-corrected chi connectivity index (χ0v) is 11.1. The van der Waals surface area contributed by atoms with E-state index in [-0.39, 0.29) is 23.9 Å². The summed E-state index contributed by atoms with van der Waals surface area (Å²) in [6, 6.07) is 0.414. The van der Waals surface area contributed by atoms with Crippen LogP contribution in [0.1, 0.15) is 27.2 Å². The SMILES string of the molecule is COC(C)C(C)NC(C)CCS(C)(=O)=O. The van der Waals surface area contributed by atoms with Crippen molar-refractivity contribution < 1.29 is 13.2 Å². The first-order valence-electron chi connectivity index (χ1n) is 5.23. The Hall–Kier alpha value is -0.130. The van der Waals surface area contributed by atoms with E-state index >= 15 is 0 Å². The molecule has 0 radical (unpaired) electrons. The van der Waals surface area contributed by atoms with Crippen molar-refractivity contribution in [2.24, 2.45) is 0 Å². The van der Waals surface area contributed by atoms with Crippen LogP contribution in [0.25, 0.3) is 0 Å². The Morgan fingerprint density at radius 2 is 1.80 bits per heavy atom. The molecule has 0 saturated heterocycles. The third-order valence-corrected chi connectivity index (χ3v) is 3.52. The molecule has 0 aliphatic rings. The maximum absolute atomic E-state index is 11.0. The van der Waals surface area contributed by atoms with Crippen LogP contribution in [-0.2, 0) is 14.6 Å². The summed E-state index contributed by atoms with van der Waals surface area (Å²) < 4.78 is 27.1. The molecule has 0 aromatic heterocycles. The van der Waals surface area contributed by atoms with Crippen molar-refractivity contribution in [1.82, 2.24) is 5.32 Å². The monoisotopic (exact) mass is 237 g/mol. The zero-order valence-electron chi connectivity index (χ0n) is 10.3. The number of sulfone groups is 1. The molecule has 0 aromatic rings. The first-order valence-corrected chi connectivity index (χ1v) is 7.29. The smallest absolute Gasteiger partial charge is 0.147 e. The first kappa shape index (κ1) is 14.9. The van der Waals surface area contributed by atoms with Gasteiger partial charge in [-0.15, -0.1) is 0 Å². The van der Waals surface area contributed by atoms with Crippen molar-refractivity contribution >= 4 is 9.84 Å². The molecule has 3 atom stereocenters. The van der Waals surface area contributed by atoms with E-state index in [1.165, 1.54) is 6.26 Å². The van der Waals surface area contributed by atoms with Crippen molar-refractivity contribution in [3.8, 4) is 0 Å². The number of hydrogen-bond donors (Lipinski definition) is 1. The second-order valence-electron chi connectivity index (χ2n) is 4.22. The Kier molecular flexibility index (Phi) is 6.40. The van der Waals surface area contributed by atoms with Crippen LogP contribution in [-0.4, -0.2) is 45.7 Å². The van der Waals surface area contributed by atoms with E-state index in [1.807, 2.05) is 20.8 Å². The van der Waals surface area contributed by atoms with Crippen molar-refractivity contribution in [1.29, 1.82) is 0 Å². The molecule has 5 heteroatoms. The number of ether oxygens (including phenoxy) is 1. The van der Waals surface area contributed by atoms with E-state index in [0.717, 1.165) is 0 Å². The normalized spacial score (nSPS) is 18.5. The third-order valence-electron chi connectivity index (χ3n) is 2.54. The highest BCUT2D eigenvalue weighted by atomic mass is 32.2. The van der Waals surface area contributed by atoms with Gasteiger partial charge >= 0.3 is 0 Å². The topological polar surface area (TPSA) is 55.4 Å². The standard InChI is InChI=1S/C10H23NO3S/c1-8(6-7-15(5,12)13)11-9(2)10(3)14-4/h8-11H,6-7H2,1-5H3. The minimum Gasteiger partial charge on any atom is -0.380 e. The molecule has 0 aromatic carbocycles. The predicted octanol–water partition coefficient (Wildman–Crippen LogP) is 0.823. The van der Waals surface area contributed by atoms with Crippen LogP contribution in [0.5, 0.6) is 0 Å². The summed E-state index contributed by atoms with van der Waals surface area (Å²) in [5.74, 6) is 0.231. The fourth-order valence-electron chi connectivity index (χ4n) is 1.26. The lowest BCUT2D eigenvalue weighted by atomic mass is 10.1. The van der Waals surface area contributed by atoms with Gasteiger partial charge in [-0.25, -0.2) is 8.42 Å². The summed E-state index contributed by atoms with van der Waals surface area (Å²) in [7, 11) is -1.18. The van der Waals surface area contributed by atoms with E-state index < -0.39 is 9.84 Å². The minimum absolute atomic E-state index is 0.130. The van der Waals surface area contributed by atoms with Crippen LogP contribution in [0.4, 0.5) is 0 Å². The molecular weight excluding hydrogens is 214 g/mol. The molecule has 4 nitrogen and oxygen atoms in total. The van der Waals surface area contributed by atoms with Crippen molar-refractivity contribution in [2.75, 3.05) is 19.1 Å². The van der Waals surface area contributed by atoms with Gasteiger partial charge in [-0.2, -0.15) is 0 Å². The van der Waals surface area contributed by atoms with Crippen LogP contribution < -0.4 is 5.32 Å². The average molecular weight is 237 g/mol. The lowest BCUT2D eigenvalue weighted by Crippen LogP contribution is -2.42. The van der Waals surface area contributed by atoms with Gasteiger partial charge < -0.3 is 10.1 Å². The van der Waals surface area contributed by atoms with Crippen molar-refractivity contribution in [2.45, 2.75) is 45.4 Å². The summed E-state index contributed by atoms with van der Waals surface area (Å²) in [5.41, 5.74) is 0. The van der Waals surface area contributed by atoms with Gasteiger partial charge in [-0.05, 0) is 27.2 Å². The van der Waals surface area contributed by atoms with E-state index in [0.29, 0.717) is 6.42 Å². The molecule has 0 rings (SSSR count). The largest absolute Gasteiger partial charge is 0.380 e. The van der Waals surface area contributed by atoms with E-state index in [4.69, 9.17) is 4.74 Å². The lowest BCUT2D eigenvalue weighted by molar-refractivity contribution is 0.0850. The Balaban J connectivity index is 3.88. The number of methoxy groups -OCH3 is 1. The Morgan fingerprint density at radius 3 is 2.20 bits per heavy atom. The van der Waals surface area contributed by atoms with Crippen molar-refractivity contribution in [3.05, 3.63) is 0 Å². The van der Waals surface area contributed by atoms with E-state index in [9.17, 15) is 8.42 Å². The molecule has 0 heterocycles. The number of hydrogen-bond acceptors (Lipinski definition) is 4. The lowest BCUT2D eigenvalue weighted by Gasteiger charge is -2.24. The van der Waals surface area contributed by atoms with Gasteiger partial charge in [0.25, 0.3) is 0 Å². The van der Waals surface area contributed by atoms with Gasteiger partial charge in [0.15, 0.2) is 0 Å². The van der Waals surface area contributed by atoms with Gasteiger partial charge in [-0.1, -0.05) is 0 Å². The highest BCUT2D eigenvalue weighted by Gasteiger charge is 2.14. The Bertz CT molecular complexity index is 264. The Morgan fingerprint density at radius 1 is 1.27 bits per heavy atom. The molecule has 1 N–H and O–H groups in total. The van der Waals surface area contributed by atoms with Crippen LogP contribution in [0.15, 0.2) is 0 Å². The summed E-state index contributed by atoms with van der Waals surface area (Å²) >= 11 is 0. The molecule has 0 aliphatic carbocycles. The molecule has 3 unspecified atom stereocenters. The number of nitrogens with one attached hydrogen (secondary N) is 1. The van der Waals surface area contributed by atoms with Crippen LogP contribution in [0, 0.1) is 0 Å². The van der Waals surface area contributed by atoms with Gasteiger partial charge in [0.05, 0.1) is 11.9 Å². The molecule has 0 bridgehead atoms. The fraction of sp³-hybridized carbons (Fsp3) is 1.00. The maximum atomic E-state index is 11.0. The zero-order chi connectivity index (χ0) is 12.1.